The summed E-state index contributed by atoms with van der Waals surface area (Å²) in [6.45, 7) is 3.62. The zero-order chi connectivity index (χ0) is 13.1. The summed E-state index contributed by atoms with van der Waals surface area (Å²) in [6, 6.07) is 10.4. The second-order valence-corrected chi connectivity index (χ2v) is 4.54. The predicted octanol–water partition coefficient (Wildman–Crippen LogP) is 3.06. The minimum absolute atomic E-state index is 0.190. The van der Waals surface area contributed by atoms with E-state index in [2.05, 4.69) is 34.7 Å². The molecule has 2 heterocycles. The van der Waals surface area contributed by atoms with Crippen LogP contribution in [-0.2, 0) is 0 Å². The van der Waals surface area contributed by atoms with Gasteiger partial charge in [-0.3, -0.25) is 4.98 Å². The van der Waals surface area contributed by atoms with Crippen LogP contribution in [0.1, 0.15) is 18.5 Å². The van der Waals surface area contributed by atoms with Crippen molar-refractivity contribution in [3.8, 4) is 5.75 Å². The van der Waals surface area contributed by atoms with Crippen LogP contribution in [0.3, 0.4) is 0 Å². The third-order valence-electron chi connectivity index (χ3n) is 3.16. The topological polar surface area (TPSA) is 46.2 Å². The average molecular weight is 255 g/mol. The molecule has 19 heavy (non-hydrogen) atoms. The van der Waals surface area contributed by atoms with E-state index in [0.29, 0.717) is 6.61 Å². The number of aromatic nitrogens is 1. The zero-order valence-electron chi connectivity index (χ0n) is 10.9. The standard InChI is InChI=1S/C15H17N3O/c1-2-17-11-7-12(9-16-8-11)18-14-10-19-15-6-4-3-5-13(14)15/h3-9,14,17-18H,2,10H2,1H3. The monoisotopic (exact) mass is 255 g/mol. The third kappa shape index (κ3) is 2.47. The number of hydrogen-bond donors (Lipinski definition) is 2. The average Bonchev–Trinajstić information content (AvgIpc) is 2.83. The Labute approximate surface area is 112 Å². The van der Waals surface area contributed by atoms with Crippen LogP contribution in [0.4, 0.5) is 11.4 Å². The normalized spacial score (nSPS) is 16.6. The van der Waals surface area contributed by atoms with E-state index in [9.17, 15) is 0 Å². The Morgan fingerprint density at radius 3 is 3.00 bits per heavy atom. The van der Waals surface area contributed by atoms with Gasteiger partial charge in [-0.05, 0) is 19.1 Å². The Bertz CT molecular complexity index is 571. The summed E-state index contributed by atoms with van der Waals surface area (Å²) in [5.74, 6) is 0.968. The Hall–Kier alpha value is -2.23. The summed E-state index contributed by atoms with van der Waals surface area (Å²) in [7, 11) is 0. The summed E-state index contributed by atoms with van der Waals surface area (Å²) >= 11 is 0. The van der Waals surface area contributed by atoms with Gasteiger partial charge in [-0.15, -0.1) is 0 Å². The fourth-order valence-electron chi connectivity index (χ4n) is 2.30. The molecule has 4 nitrogen and oxygen atoms in total. The first-order valence-electron chi connectivity index (χ1n) is 6.54. The van der Waals surface area contributed by atoms with Gasteiger partial charge < -0.3 is 15.4 Å². The molecule has 0 amide bonds. The van der Waals surface area contributed by atoms with Gasteiger partial charge in [-0.25, -0.2) is 0 Å². The molecule has 0 saturated carbocycles. The lowest BCUT2D eigenvalue weighted by atomic mass is 10.1. The fourth-order valence-corrected chi connectivity index (χ4v) is 2.30. The van der Waals surface area contributed by atoms with Gasteiger partial charge in [-0.2, -0.15) is 0 Å². The van der Waals surface area contributed by atoms with Crippen molar-refractivity contribution in [3.05, 3.63) is 48.3 Å². The molecule has 4 heteroatoms. The number of nitrogens with one attached hydrogen (secondary N) is 2. The highest BCUT2D eigenvalue weighted by Gasteiger charge is 2.23. The Morgan fingerprint density at radius 2 is 2.11 bits per heavy atom. The van der Waals surface area contributed by atoms with Gasteiger partial charge in [-0.1, -0.05) is 18.2 Å². The smallest absolute Gasteiger partial charge is 0.124 e. The fraction of sp³-hybridized carbons (Fsp3) is 0.267. The molecule has 0 spiro atoms. The lowest BCUT2D eigenvalue weighted by molar-refractivity contribution is 0.340. The molecule has 1 atom stereocenters. The minimum Gasteiger partial charge on any atom is -0.491 e. The Balaban J connectivity index is 1.77. The maximum absolute atomic E-state index is 5.66. The molecular formula is C15H17N3O. The number of hydrogen-bond acceptors (Lipinski definition) is 4. The predicted molar refractivity (Wildman–Crippen MR) is 76.7 cm³/mol. The molecule has 1 aliphatic rings. The first-order chi connectivity index (χ1) is 9.36. The van der Waals surface area contributed by atoms with E-state index in [1.165, 1.54) is 5.56 Å². The molecule has 3 rings (SSSR count). The number of anilines is 2. The lowest BCUT2D eigenvalue weighted by Gasteiger charge is -2.14. The molecule has 0 aliphatic carbocycles. The van der Waals surface area contributed by atoms with Crippen molar-refractivity contribution in [2.75, 3.05) is 23.8 Å². The molecule has 1 aromatic carbocycles. The van der Waals surface area contributed by atoms with Crippen LogP contribution >= 0.6 is 0 Å². The van der Waals surface area contributed by atoms with Crippen molar-refractivity contribution in [2.24, 2.45) is 0 Å². The van der Waals surface area contributed by atoms with Gasteiger partial charge >= 0.3 is 0 Å². The SMILES string of the molecule is CCNc1cncc(NC2COc3ccccc32)c1. The molecule has 1 unspecified atom stereocenters. The third-order valence-corrected chi connectivity index (χ3v) is 3.16. The lowest BCUT2D eigenvalue weighted by Crippen LogP contribution is -2.12. The van der Waals surface area contributed by atoms with Gasteiger partial charge in [0.05, 0.1) is 29.8 Å². The molecule has 2 N–H and O–H groups in total. The number of benzene rings is 1. The molecule has 1 aromatic heterocycles. The quantitative estimate of drug-likeness (QED) is 0.881. The molecular weight excluding hydrogens is 238 g/mol. The van der Waals surface area contributed by atoms with Gasteiger partial charge in [0, 0.05) is 12.1 Å². The summed E-state index contributed by atoms with van der Waals surface area (Å²) in [5.41, 5.74) is 3.24. The number of fused-ring (bicyclic) bond motifs is 1. The molecule has 0 bridgehead atoms. The molecule has 0 radical (unpaired) electrons. The van der Waals surface area contributed by atoms with Crippen molar-refractivity contribution < 1.29 is 4.74 Å². The Kier molecular flexibility index (Phi) is 3.23. The van der Waals surface area contributed by atoms with Crippen LogP contribution in [0.15, 0.2) is 42.7 Å². The molecule has 1 aliphatic heterocycles. The number of para-hydroxylation sites is 1. The highest BCUT2D eigenvalue weighted by molar-refractivity contribution is 5.56. The second-order valence-electron chi connectivity index (χ2n) is 4.54. The van der Waals surface area contributed by atoms with E-state index < -0.39 is 0 Å². The number of nitrogens with zero attached hydrogens (tertiary/aromatic N) is 1. The largest absolute Gasteiger partial charge is 0.491 e. The summed E-state index contributed by atoms with van der Waals surface area (Å²) < 4.78 is 5.66. The van der Waals surface area contributed by atoms with Crippen molar-refractivity contribution in [1.82, 2.24) is 4.98 Å². The molecule has 2 aromatic rings. The van der Waals surface area contributed by atoms with Crippen LogP contribution in [0.2, 0.25) is 0 Å². The highest BCUT2D eigenvalue weighted by Crippen LogP contribution is 2.34. The van der Waals surface area contributed by atoms with Crippen LogP contribution in [0.5, 0.6) is 5.75 Å². The first-order valence-corrected chi connectivity index (χ1v) is 6.54. The van der Waals surface area contributed by atoms with E-state index >= 15 is 0 Å². The van der Waals surface area contributed by atoms with Crippen molar-refractivity contribution in [1.29, 1.82) is 0 Å². The number of pyridine rings is 1. The van der Waals surface area contributed by atoms with Crippen LogP contribution < -0.4 is 15.4 Å². The van der Waals surface area contributed by atoms with Gasteiger partial charge in [0.2, 0.25) is 0 Å². The molecule has 0 saturated heterocycles. The van der Waals surface area contributed by atoms with E-state index in [0.717, 1.165) is 23.7 Å². The van der Waals surface area contributed by atoms with Crippen molar-refractivity contribution >= 4 is 11.4 Å². The van der Waals surface area contributed by atoms with Gasteiger partial charge in [0.15, 0.2) is 0 Å². The van der Waals surface area contributed by atoms with Crippen LogP contribution in [0, 0.1) is 0 Å². The van der Waals surface area contributed by atoms with Gasteiger partial charge in [0.25, 0.3) is 0 Å². The number of ether oxygens (including phenoxy) is 1. The summed E-state index contributed by atoms with van der Waals surface area (Å²) in [5, 5.41) is 6.73. The molecule has 0 fully saturated rings. The highest BCUT2D eigenvalue weighted by atomic mass is 16.5. The summed E-state index contributed by atoms with van der Waals surface area (Å²) in [4.78, 5) is 4.24. The first kappa shape index (κ1) is 11.8. The van der Waals surface area contributed by atoms with Crippen LogP contribution in [0.25, 0.3) is 0 Å². The zero-order valence-corrected chi connectivity index (χ0v) is 10.9. The van der Waals surface area contributed by atoms with E-state index in [1.54, 1.807) is 0 Å². The van der Waals surface area contributed by atoms with Crippen molar-refractivity contribution in [3.63, 3.8) is 0 Å². The maximum Gasteiger partial charge on any atom is 0.124 e. The van der Waals surface area contributed by atoms with E-state index in [1.807, 2.05) is 30.6 Å². The van der Waals surface area contributed by atoms with E-state index in [-0.39, 0.29) is 6.04 Å². The maximum atomic E-state index is 5.66. The van der Waals surface area contributed by atoms with Gasteiger partial charge in [0.1, 0.15) is 12.4 Å². The van der Waals surface area contributed by atoms with Crippen molar-refractivity contribution in [2.45, 2.75) is 13.0 Å². The Morgan fingerprint density at radius 1 is 1.26 bits per heavy atom. The molecule has 98 valence electrons. The minimum atomic E-state index is 0.190. The number of rotatable bonds is 4. The van der Waals surface area contributed by atoms with Crippen LogP contribution in [-0.4, -0.2) is 18.1 Å². The van der Waals surface area contributed by atoms with E-state index in [4.69, 9.17) is 4.74 Å². The second kappa shape index (κ2) is 5.18. The summed E-state index contributed by atoms with van der Waals surface area (Å²) in [6.07, 6.45) is 3.66.